The number of hydrogen-bond acceptors (Lipinski definition) is 4. The summed E-state index contributed by atoms with van der Waals surface area (Å²) in [5, 5.41) is 12.5. The summed E-state index contributed by atoms with van der Waals surface area (Å²) in [5.41, 5.74) is 2.13. The lowest BCUT2D eigenvalue weighted by atomic mass is 10.0. The molecule has 0 aromatic heterocycles. The Morgan fingerprint density at radius 1 is 1.26 bits per heavy atom. The maximum absolute atomic E-state index is 10.9. The molecule has 2 aliphatic heterocycles. The molecular weight excluding hydrogens is 238 g/mol. The van der Waals surface area contributed by atoms with Gasteiger partial charge in [-0.05, 0) is 28.1 Å². The molecule has 3 aliphatic rings. The van der Waals surface area contributed by atoms with Crippen LogP contribution in [0.1, 0.15) is 5.56 Å². The number of hydrogen-bond donors (Lipinski definition) is 3. The quantitative estimate of drug-likeness (QED) is 0.571. The van der Waals surface area contributed by atoms with Crippen molar-refractivity contribution in [1.82, 2.24) is 10.6 Å². The highest BCUT2D eigenvalue weighted by Crippen LogP contribution is 2.21. The number of carbonyl (C=O) groups excluding carboxylic acids is 1. The van der Waals surface area contributed by atoms with Crippen molar-refractivity contribution in [2.75, 3.05) is 18.5 Å². The van der Waals surface area contributed by atoms with Crippen LogP contribution in [0.5, 0.6) is 0 Å². The predicted octanol–water partition coefficient (Wildman–Crippen LogP) is -0.843. The van der Waals surface area contributed by atoms with E-state index in [0.717, 1.165) is 30.8 Å². The molecule has 4 nitrogen and oxygen atoms in total. The van der Waals surface area contributed by atoms with E-state index >= 15 is 0 Å². The van der Waals surface area contributed by atoms with Crippen LogP contribution in [0.3, 0.4) is 0 Å². The van der Waals surface area contributed by atoms with Crippen molar-refractivity contribution in [3.8, 4) is 0 Å². The van der Waals surface area contributed by atoms with Gasteiger partial charge in [0.25, 0.3) is 0 Å². The normalized spacial score (nSPS) is 30.2. The van der Waals surface area contributed by atoms with Crippen LogP contribution in [0.2, 0.25) is 0 Å². The van der Waals surface area contributed by atoms with Crippen LogP contribution in [0.15, 0.2) is 18.2 Å². The van der Waals surface area contributed by atoms with Gasteiger partial charge in [-0.25, -0.2) is 0 Å². The zero-order valence-electron chi connectivity index (χ0n) is 10.4. The highest BCUT2D eigenvalue weighted by molar-refractivity contribution is 5.80. The first-order valence-electron chi connectivity index (χ1n) is 6.54. The van der Waals surface area contributed by atoms with Crippen molar-refractivity contribution >= 4 is 30.2 Å². The number of nitrogens with one attached hydrogen (secondary N) is 3. The Morgan fingerprint density at radius 3 is 2.84 bits per heavy atom. The second kappa shape index (κ2) is 3.79. The summed E-state index contributed by atoms with van der Waals surface area (Å²) >= 11 is 0. The topological polar surface area (TPSA) is 53.2 Å². The number of rotatable bonds is 1. The van der Waals surface area contributed by atoms with Crippen molar-refractivity contribution < 1.29 is 4.79 Å². The fourth-order valence-corrected chi connectivity index (χ4v) is 3.04. The summed E-state index contributed by atoms with van der Waals surface area (Å²) in [7, 11) is 0. The third-order valence-electron chi connectivity index (χ3n) is 3.99. The minimum atomic E-state index is -0.212. The highest BCUT2D eigenvalue weighted by Gasteiger charge is 2.31. The van der Waals surface area contributed by atoms with E-state index in [4.69, 9.17) is 0 Å². The van der Waals surface area contributed by atoms with E-state index in [2.05, 4.69) is 40.2 Å². The van der Waals surface area contributed by atoms with Crippen LogP contribution in [0.4, 0.5) is 5.69 Å². The zero-order chi connectivity index (χ0) is 12.9. The second-order valence-electron chi connectivity index (χ2n) is 5.34. The number of anilines is 1. The van der Waals surface area contributed by atoms with Gasteiger partial charge in [-0.2, -0.15) is 0 Å². The Morgan fingerprint density at radius 2 is 2.11 bits per heavy atom. The van der Waals surface area contributed by atoms with Gasteiger partial charge in [0, 0.05) is 18.9 Å². The average Bonchev–Trinajstić information content (AvgIpc) is 3.01. The standard InChI is InChI=1S/C15H15N3O/c19-7-13-2-1-10-3-11-5-15(8-16-9-17-15)6-12(11)4-14(10)18-13/h1-7,13,16-18H,8-9H2. The first-order chi connectivity index (χ1) is 9.28. The van der Waals surface area contributed by atoms with E-state index in [1.165, 1.54) is 10.4 Å². The number of aldehydes is 1. The Bertz CT molecular complexity index is 699. The second-order valence-corrected chi connectivity index (χ2v) is 5.34. The molecule has 1 aromatic carbocycles. The van der Waals surface area contributed by atoms with E-state index in [0.29, 0.717) is 0 Å². The van der Waals surface area contributed by atoms with Crippen molar-refractivity contribution in [2.24, 2.45) is 0 Å². The molecular formula is C15H15N3O. The largest absolute Gasteiger partial charge is 0.372 e. The summed E-state index contributed by atoms with van der Waals surface area (Å²) in [5.74, 6) is 0. The minimum Gasteiger partial charge on any atom is -0.372 e. The van der Waals surface area contributed by atoms with Gasteiger partial charge < -0.3 is 15.4 Å². The average molecular weight is 253 g/mol. The minimum absolute atomic E-state index is 0.0416. The lowest BCUT2D eigenvalue weighted by molar-refractivity contribution is -0.107. The molecule has 3 N–H and O–H groups in total. The van der Waals surface area contributed by atoms with Gasteiger partial charge in [0.15, 0.2) is 0 Å². The van der Waals surface area contributed by atoms with Gasteiger partial charge in [-0.3, -0.25) is 5.32 Å². The van der Waals surface area contributed by atoms with Crippen LogP contribution < -0.4 is 26.4 Å². The van der Waals surface area contributed by atoms with Gasteiger partial charge in [-0.15, -0.1) is 0 Å². The first-order valence-corrected chi connectivity index (χ1v) is 6.54. The van der Waals surface area contributed by atoms with Crippen molar-refractivity contribution in [1.29, 1.82) is 0 Å². The Balaban J connectivity index is 1.85. The van der Waals surface area contributed by atoms with E-state index in [9.17, 15) is 4.79 Å². The summed E-state index contributed by atoms with van der Waals surface area (Å²) < 4.78 is 0. The SMILES string of the molecule is O=CC1C=Cc2cc3c(cc2N1)=CC1(C=3)CNCN1. The molecule has 0 amide bonds. The third-order valence-corrected chi connectivity index (χ3v) is 3.99. The van der Waals surface area contributed by atoms with Crippen molar-refractivity contribution in [3.05, 3.63) is 34.2 Å². The molecule has 2 atom stereocenters. The maximum atomic E-state index is 10.9. The van der Waals surface area contributed by atoms with Crippen LogP contribution >= 0.6 is 0 Å². The Labute approximate surface area is 110 Å². The molecule has 4 heteroatoms. The van der Waals surface area contributed by atoms with E-state index in [-0.39, 0.29) is 11.6 Å². The highest BCUT2D eigenvalue weighted by atomic mass is 16.1. The molecule has 0 saturated carbocycles. The van der Waals surface area contributed by atoms with Crippen LogP contribution in [-0.2, 0) is 4.79 Å². The molecule has 19 heavy (non-hydrogen) atoms. The summed E-state index contributed by atoms with van der Waals surface area (Å²) in [6.07, 6.45) is 9.38. The van der Waals surface area contributed by atoms with Gasteiger partial charge >= 0.3 is 0 Å². The fraction of sp³-hybridized carbons (Fsp3) is 0.267. The monoisotopic (exact) mass is 253 g/mol. The maximum Gasteiger partial charge on any atom is 0.146 e. The smallest absolute Gasteiger partial charge is 0.146 e. The molecule has 0 bridgehead atoms. The van der Waals surface area contributed by atoms with E-state index < -0.39 is 0 Å². The van der Waals surface area contributed by atoms with Gasteiger partial charge in [0.1, 0.15) is 12.3 Å². The van der Waals surface area contributed by atoms with Crippen molar-refractivity contribution in [2.45, 2.75) is 11.6 Å². The zero-order valence-corrected chi connectivity index (χ0v) is 10.4. The molecule has 1 aromatic rings. The molecule has 1 fully saturated rings. The number of fused-ring (bicyclic) bond motifs is 2. The lowest BCUT2D eigenvalue weighted by Gasteiger charge is -2.17. The Kier molecular flexibility index (Phi) is 2.19. The van der Waals surface area contributed by atoms with E-state index in [1.54, 1.807) is 0 Å². The summed E-state index contributed by atoms with van der Waals surface area (Å²) in [6, 6.07) is 4.10. The van der Waals surface area contributed by atoms with Crippen LogP contribution in [-0.4, -0.2) is 31.1 Å². The van der Waals surface area contributed by atoms with Crippen LogP contribution in [0.25, 0.3) is 18.2 Å². The number of benzene rings is 1. The fourth-order valence-electron chi connectivity index (χ4n) is 3.04. The van der Waals surface area contributed by atoms with Gasteiger partial charge in [-0.1, -0.05) is 24.3 Å². The Hall–Kier alpha value is -1.91. The van der Waals surface area contributed by atoms with E-state index in [1.807, 2.05) is 12.2 Å². The predicted molar refractivity (Wildman–Crippen MR) is 75.9 cm³/mol. The molecule has 0 radical (unpaired) electrons. The summed E-state index contributed by atoms with van der Waals surface area (Å²) in [6.45, 7) is 1.76. The lowest BCUT2D eigenvalue weighted by Crippen LogP contribution is -2.36. The molecule has 4 rings (SSSR count). The molecule has 2 unspecified atom stereocenters. The molecule has 1 aliphatic carbocycles. The molecule has 1 saturated heterocycles. The van der Waals surface area contributed by atoms with Crippen LogP contribution in [0, 0.1) is 0 Å². The molecule has 1 spiro atoms. The van der Waals surface area contributed by atoms with Crippen molar-refractivity contribution in [3.63, 3.8) is 0 Å². The third kappa shape index (κ3) is 1.64. The molecule has 2 heterocycles. The van der Waals surface area contributed by atoms with Gasteiger partial charge in [0.05, 0.1) is 5.54 Å². The van der Waals surface area contributed by atoms with Gasteiger partial charge in [0.2, 0.25) is 0 Å². The first kappa shape index (κ1) is 11.0. The molecule has 96 valence electrons. The number of carbonyl (C=O) groups is 1. The summed E-state index contributed by atoms with van der Waals surface area (Å²) in [4.78, 5) is 10.9.